The number of unbranched alkanes of at least 4 members (excludes halogenated alkanes) is 1. The highest BCUT2D eigenvalue weighted by Gasteiger charge is 2.20. The molecule has 1 atom stereocenters. The molecule has 10 heteroatoms. The van der Waals surface area contributed by atoms with Gasteiger partial charge >= 0.3 is 0 Å². The van der Waals surface area contributed by atoms with Crippen LogP contribution >= 0.6 is 46.2 Å². The van der Waals surface area contributed by atoms with Crippen LogP contribution in [-0.4, -0.2) is 33.0 Å². The number of aromatic nitrogens is 2. The van der Waals surface area contributed by atoms with Crippen LogP contribution in [0.4, 0.5) is 5.00 Å². The normalized spacial score (nSPS) is 12.1. The van der Waals surface area contributed by atoms with Crippen LogP contribution in [0.25, 0.3) is 0 Å². The Morgan fingerprint density at radius 3 is 2.83 bits per heavy atom. The first-order chi connectivity index (χ1) is 11.5. The number of nitrogens with two attached hydrogens (primary N) is 1. The molecule has 0 aliphatic rings. The van der Waals surface area contributed by atoms with Gasteiger partial charge in [0.15, 0.2) is 8.68 Å². The van der Waals surface area contributed by atoms with Crippen molar-refractivity contribution < 1.29 is 9.59 Å². The number of carbonyl (C=O) groups excluding carboxylic acids is 2. The van der Waals surface area contributed by atoms with E-state index in [2.05, 4.69) is 22.4 Å². The maximum absolute atomic E-state index is 12.3. The van der Waals surface area contributed by atoms with E-state index in [0.29, 0.717) is 10.6 Å². The highest BCUT2D eigenvalue weighted by Crippen LogP contribution is 2.32. The number of carbonyl (C=O) groups is 2. The van der Waals surface area contributed by atoms with E-state index in [-0.39, 0.29) is 11.2 Å². The Hall–Kier alpha value is -1.10. The first-order valence-corrected chi connectivity index (χ1v) is 10.9. The minimum Gasteiger partial charge on any atom is -0.366 e. The van der Waals surface area contributed by atoms with E-state index in [9.17, 15) is 9.59 Å². The van der Waals surface area contributed by atoms with Crippen molar-refractivity contribution in [2.24, 2.45) is 5.73 Å². The minimum atomic E-state index is -0.551. The van der Waals surface area contributed by atoms with Crippen molar-refractivity contribution in [3.63, 3.8) is 0 Å². The lowest BCUT2D eigenvalue weighted by Crippen LogP contribution is -2.23. The predicted octanol–water partition coefficient (Wildman–Crippen LogP) is 3.71. The Bertz CT molecular complexity index is 701. The molecule has 24 heavy (non-hydrogen) atoms. The van der Waals surface area contributed by atoms with E-state index >= 15 is 0 Å². The molecular weight excluding hydrogens is 384 g/mol. The summed E-state index contributed by atoms with van der Waals surface area (Å²) in [7, 11) is 0. The van der Waals surface area contributed by atoms with Crippen LogP contribution in [0.1, 0.15) is 37.0 Å². The van der Waals surface area contributed by atoms with Crippen LogP contribution in [0.2, 0.25) is 0 Å². The summed E-state index contributed by atoms with van der Waals surface area (Å²) in [6, 6.07) is 1.60. The fourth-order valence-electron chi connectivity index (χ4n) is 1.63. The van der Waals surface area contributed by atoms with Gasteiger partial charge in [-0.1, -0.05) is 48.2 Å². The van der Waals surface area contributed by atoms with Crippen LogP contribution in [0.5, 0.6) is 0 Å². The zero-order valence-corrected chi connectivity index (χ0v) is 16.5. The number of thiophene rings is 1. The molecule has 3 N–H and O–H groups in total. The molecule has 0 spiro atoms. The second kappa shape index (κ2) is 9.40. The standard InChI is InChI=1S/C14H18N4O2S4/c1-3-4-6-22-13-17-18-14(24-13)23-8(2)11(20)16-12-9(10(15)19)5-7-21-12/h5,7-8H,3-4,6H2,1-2H3,(H2,15,19)(H,16,20)/t8-/m1/s1. The second-order valence-electron chi connectivity index (χ2n) is 4.81. The van der Waals surface area contributed by atoms with Gasteiger partial charge in [0, 0.05) is 5.75 Å². The van der Waals surface area contributed by atoms with Crippen LogP contribution in [-0.2, 0) is 4.79 Å². The fourth-order valence-corrected chi connectivity index (χ4v) is 5.74. The summed E-state index contributed by atoms with van der Waals surface area (Å²) >= 11 is 5.82. The number of primary amides is 1. The maximum Gasteiger partial charge on any atom is 0.251 e. The lowest BCUT2D eigenvalue weighted by Gasteiger charge is -2.09. The quantitative estimate of drug-likeness (QED) is 0.490. The summed E-state index contributed by atoms with van der Waals surface area (Å²) in [5.41, 5.74) is 5.61. The van der Waals surface area contributed by atoms with Crippen LogP contribution < -0.4 is 11.1 Å². The molecule has 0 fully saturated rings. The Labute approximate surface area is 157 Å². The largest absolute Gasteiger partial charge is 0.366 e. The molecule has 2 heterocycles. The summed E-state index contributed by atoms with van der Waals surface area (Å²) in [5.74, 6) is 0.283. The number of amides is 2. The first-order valence-electron chi connectivity index (χ1n) is 7.32. The predicted molar refractivity (Wildman–Crippen MR) is 102 cm³/mol. The number of rotatable bonds is 9. The van der Waals surface area contributed by atoms with E-state index < -0.39 is 5.91 Å². The van der Waals surface area contributed by atoms with Crippen LogP contribution in [0, 0.1) is 0 Å². The van der Waals surface area contributed by atoms with E-state index in [1.165, 1.54) is 34.4 Å². The molecule has 130 valence electrons. The Morgan fingerprint density at radius 1 is 1.38 bits per heavy atom. The minimum absolute atomic E-state index is 0.194. The summed E-state index contributed by atoms with van der Waals surface area (Å²) < 4.78 is 1.69. The third-order valence-electron chi connectivity index (χ3n) is 2.93. The molecule has 2 aromatic rings. The Balaban J connectivity index is 1.89. The summed E-state index contributed by atoms with van der Waals surface area (Å²) in [6.45, 7) is 3.95. The maximum atomic E-state index is 12.3. The van der Waals surface area contributed by atoms with E-state index in [4.69, 9.17) is 5.73 Å². The number of nitrogens with zero attached hydrogens (tertiary/aromatic N) is 2. The third kappa shape index (κ3) is 5.47. The van der Waals surface area contributed by atoms with E-state index in [1.807, 2.05) is 0 Å². The van der Waals surface area contributed by atoms with Crippen molar-refractivity contribution in [2.45, 2.75) is 40.6 Å². The monoisotopic (exact) mass is 402 g/mol. The number of thioether (sulfide) groups is 2. The average Bonchev–Trinajstić information content (AvgIpc) is 3.17. The first kappa shape index (κ1) is 19.2. The zero-order valence-electron chi connectivity index (χ0n) is 13.3. The van der Waals surface area contributed by atoms with Gasteiger partial charge < -0.3 is 11.1 Å². The van der Waals surface area contributed by atoms with Crippen molar-refractivity contribution in [3.8, 4) is 0 Å². The number of nitrogens with one attached hydrogen (secondary N) is 1. The van der Waals surface area contributed by atoms with Gasteiger partial charge in [0.05, 0.1) is 10.8 Å². The average molecular weight is 403 g/mol. The summed E-state index contributed by atoms with van der Waals surface area (Å²) in [6.07, 6.45) is 2.30. The molecule has 0 saturated heterocycles. The third-order valence-corrected chi connectivity index (χ3v) is 7.08. The molecule has 0 unspecified atom stereocenters. The molecule has 0 aromatic carbocycles. The molecule has 2 rings (SSSR count). The van der Waals surface area contributed by atoms with Crippen molar-refractivity contribution in [3.05, 3.63) is 17.0 Å². The fraction of sp³-hybridized carbons (Fsp3) is 0.429. The van der Waals surface area contributed by atoms with Crippen molar-refractivity contribution in [1.82, 2.24) is 10.2 Å². The SMILES string of the molecule is CCCCSc1nnc(S[C@H](C)C(=O)Nc2sccc2C(N)=O)s1. The molecule has 0 bridgehead atoms. The van der Waals surface area contributed by atoms with Crippen molar-refractivity contribution in [2.75, 3.05) is 11.1 Å². The van der Waals surface area contributed by atoms with E-state index in [0.717, 1.165) is 27.3 Å². The molecule has 0 aliphatic heterocycles. The molecule has 0 aliphatic carbocycles. The van der Waals surface area contributed by atoms with Gasteiger partial charge in [0.25, 0.3) is 5.91 Å². The van der Waals surface area contributed by atoms with Gasteiger partial charge in [-0.05, 0) is 24.8 Å². The molecule has 2 aromatic heterocycles. The second-order valence-corrected chi connectivity index (χ2v) is 9.64. The summed E-state index contributed by atoms with van der Waals surface area (Å²) in [4.78, 5) is 23.6. The molecule has 0 saturated carbocycles. The van der Waals surface area contributed by atoms with Crippen LogP contribution in [0.15, 0.2) is 20.1 Å². The van der Waals surface area contributed by atoms with Gasteiger partial charge in [-0.3, -0.25) is 9.59 Å². The zero-order chi connectivity index (χ0) is 17.5. The van der Waals surface area contributed by atoms with Gasteiger partial charge in [-0.15, -0.1) is 21.5 Å². The van der Waals surface area contributed by atoms with Crippen molar-refractivity contribution in [1.29, 1.82) is 0 Å². The molecular formula is C14H18N4O2S4. The molecule has 0 radical (unpaired) electrons. The number of hydrogen-bond donors (Lipinski definition) is 2. The van der Waals surface area contributed by atoms with Gasteiger partial charge in [0.1, 0.15) is 5.00 Å². The van der Waals surface area contributed by atoms with Gasteiger partial charge in [-0.2, -0.15) is 0 Å². The van der Waals surface area contributed by atoms with Crippen LogP contribution in [0.3, 0.4) is 0 Å². The van der Waals surface area contributed by atoms with Crippen molar-refractivity contribution >= 4 is 63.0 Å². The molecule has 2 amide bonds. The number of hydrogen-bond acceptors (Lipinski definition) is 8. The smallest absolute Gasteiger partial charge is 0.251 e. The molecule has 6 nitrogen and oxygen atoms in total. The lowest BCUT2D eigenvalue weighted by atomic mass is 10.3. The van der Waals surface area contributed by atoms with Gasteiger partial charge in [0.2, 0.25) is 5.91 Å². The Kier molecular flexibility index (Phi) is 7.53. The highest BCUT2D eigenvalue weighted by atomic mass is 32.2. The van der Waals surface area contributed by atoms with Gasteiger partial charge in [-0.25, -0.2) is 0 Å². The Morgan fingerprint density at radius 2 is 2.12 bits per heavy atom. The highest BCUT2D eigenvalue weighted by molar-refractivity contribution is 8.03. The summed E-state index contributed by atoms with van der Waals surface area (Å²) in [5, 5.41) is 12.8. The lowest BCUT2D eigenvalue weighted by molar-refractivity contribution is -0.115. The number of anilines is 1. The van der Waals surface area contributed by atoms with E-state index in [1.54, 1.807) is 30.1 Å². The topological polar surface area (TPSA) is 98.0 Å².